The van der Waals surface area contributed by atoms with Gasteiger partial charge in [0, 0.05) is 10.6 Å². The van der Waals surface area contributed by atoms with E-state index in [1.54, 1.807) is 17.9 Å². The van der Waals surface area contributed by atoms with Gasteiger partial charge in [-0.25, -0.2) is 4.79 Å². The molecule has 0 spiro atoms. The first kappa shape index (κ1) is 39.3. The number of nitrogens with zero attached hydrogens (tertiary/aromatic N) is 1. The van der Waals surface area contributed by atoms with Gasteiger partial charge in [0.25, 0.3) is 5.91 Å². The minimum atomic E-state index is -1.27. The molecule has 0 saturated heterocycles. The number of para-hydroxylation sites is 1. The molecule has 0 saturated carbocycles. The number of unbranched alkanes of at least 4 members (excludes halogenated alkanes) is 2. The van der Waals surface area contributed by atoms with Gasteiger partial charge in [0.1, 0.15) is 29.0 Å². The lowest BCUT2D eigenvalue weighted by molar-refractivity contribution is -0.142. The second-order valence-corrected chi connectivity index (χ2v) is 14.3. The Morgan fingerprint density at radius 2 is 1.59 bits per heavy atom. The van der Waals surface area contributed by atoms with Crippen LogP contribution in [-0.2, 0) is 24.0 Å². The van der Waals surface area contributed by atoms with Crippen LogP contribution in [0, 0.1) is 5.41 Å². The molecule has 273 valence electrons. The molecule has 1 heterocycles. The highest BCUT2D eigenvalue weighted by atomic mass is 32.2. The van der Waals surface area contributed by atoms with Crippen molar-refractivity contribution in [1.29, 1.82) is 0 Å². The third-order valence-electron chi connectivity index (χ3n) is 8.85. The lowest BCUT2D eigenvalue weighted by Gasteiger charge is -2.34. The van der Waals surface area contributed by atoms with Crippen molar-refractivity contribution in [3.05, 3.63) is 72.3 Å². The van der Waals surface area contributed by atoms with E-state index in [-0.39, 0.29) is 23.2 Å². The molecular weight excluding hydrogens is 691 g/mol. The van der Waals surface area contributed by atoms with E-state index in [1.807, 2.05) is 56.5 Å². The van der Waals surface area contributed by atoms with E-state index in [4.69, 9.17) is 4.74 Å². The second kappa shape index (κ2) is 18.1. The number of carbonyl (C=O) groups excluding carboxylic acids is 4. The molecule has 1 aliphatic rings. The third-order valence-corrected chi connectivity index (χ3v) is 10.8. The van der Waals surface area contributed by atoms with Crippen molar-refractivity contribution < 1.29 is 38.9 Å². The summed E-state index contributed by atoms with van der Waals surface area (Å²) in [6.07, 6.45) is 6.01. The van der Waals surface area contributed by atoms with Gasteiger partial charge in [0.2, 0.25) is 11.8 Å². The maximum absolute atomic E-state index is 14.7. The predicted molar refractivity (Wildman–Crippen MR) is 200 cm³/mol. The summed E-state index contributed by atoms with van der Waals surface area (Å²) < 4.78 is 6.04. The standard InChI is InChI=1S/C38H46N3O8S2/c1-5-8-19-38(20-9-6-2)36(47)41(25-13-11-10-12-14-25)28-21-31(50-4)29(22-30(28)51-37(38)48)49-23-32(43)40-33(24-15-17-26(42)18-16-24)34(44)39-27(7-3)35(45)46/h10-18,21-22,27,33,42,51H,5-9,19-20,23H2,1-4H3,(H,39,44)(H,40,43)(H,45,46)/t27-,33+/m0/s1. The lowest BCUT2D eigenvalue weighted by Crippen LogP contribution is -2.47. The van der Waals surface area contributed by atoms with Crippen molar-refractivity contribution in [2.24, 2.45) is 5.41 Å². The molecule has 3 amide bonds. The minimum Gasteiger partial charge on any atom is -0.508 e. The SMILES string of the molecule is CCCCC1(CCCC)C(=O)[SH]c2cc(OCC(=O)N[C@@H](C(=O)N[C@@H](CC)C(=O)O)c3ccc(O)cc3)c(SC)cc2N(c2ccccc2)C1=O. The number of fused-ring (bicyclic) bond motifs is 1. The van der Waals surface area contributed by atoms with Crippen molar-refractivity contribution in [3.8, 4) is 11.5 Å². The van der Waals surface area contributed by atoms with Gasteiger partial charge in [0.15, 0.2) is 11.7 Å². The quantitative estimate of drug-likeness (QED) is 0.0575. The molecular formula is C38H46N3O8S2. The third kappa shape index (κ3) is 9.25. The first-order chi connectivity index (χ1) is 24.5. The topological polar surface area (TPSA) is 162 Å². The molecule has 51 heavy (non-hydrogen) atoms. The number of thiol groups is 1. The zero-order valence-electron chi connectivity index (χ0n) is 29.3. The van der Waals surface area contributed by atoms with Crippen LogP contribution in [0.3, 0.4) is 0 Å². The molecule has 2 atom stereocenters. The van der Waals surface area contributed by atoms with Crippen LogP contribution in [0.2, 0.25) is 0 Å². The van der Waals surface area contributed by atoms with Gasteiger partial charge < -0.3 is 25.6 Å². The maximum atomic E-state index is 14.7. The predicted octanol–water partition coefficient (Wildman–Crippen LogP) is 6.73. The Hall–Kier alpha value is -4.49. The van der Waals surface area contributed by atoms with Crippen LogP contribution in [0.25, 0.3) is 0 Å². The molecule has 1 aliphatic heterocycles. The van der Waals surface area contributed by atoms with Crippen LogP contribution in [0.15, 0.2) is 76.5 Å². The minimum absolute atomic E-state index is 0.0457. The fourth-order valence-electron chi connectivity index (χ4n) is 5.96. The van der Waals surface area contributed by atoms with Crippen LogP contribution in [-0.4, -0.2) is 57.9 Å². The Balaban J connectivity index is 1.67. The van der Waals surface area contributed by atoms with Gasteiger partial charge in [-0.1, -0.05) is 76.8 Å². The zero-order valence-corrected chi connectivity index (χ0v) is 31.0. The fraction of sp³-hybridized carbons (Fsp3) is 0.395. The van der Waals surface area contributed by atoms with Crippen LogP contribution in [0.4, 0.5) is 11.4 Å². The Labute approximate surface area is 306 Å². The van der Waals surface area contributed by atoms with Crippen molar-refractivity contribution in [2.45, 2.75) is 87.6 Å². The number of hydrogen-bond acceptors (Lipinski definition) is 8. The number of anilines is 2. The van der Waals surface area contributed by atoms with E-state index in [1.165, 1.54) is 36.0 Å². The summed E-state index contributed by atoms with van der Waals surface area (Å²) in [5, 5.41) is 24.1. The normalized spacial score (nSPS) is 14.9. The highest BCUT2D eigenvalue weighted by molar-refractivity contribution is 8.14. The molecule has 11 nitrogen and oxygen atoms in total. The summed E-state index contributed by atoms with van der Waals surface area (Å²) >= 11 is 1.71. The zero-order chi connectivity index (χ0) is 37.1. The number of phenols is 1. The number of amides is 3. The number of thioether (sulfide) groups is 1. The van der Waals surface area contributed by atoms with Gasteiger partial charge in [-0.15, -0.1) is 23.5 Å². The number of benzene rings is 3. The number of ether oxygens (including phenoxy) is 1. The largest absolute Gasteiger partial charge is 0.508 e. The average molecular weight is 737 g/mol. The highest BCUT2D eigenvalue weighted by Crippen LogP contribution is 2.51. The fourth-order valence-corrected chi connectivity index (χ4v) is 7.72. The summed E-state index contributed by atoms with van der Waals surface area (Å²) in [5.41, 5.74) is 0.360. The molecule has 0 unspecified atom stereocenters. The molecule has 0 aromatic heterocycles. The molecule has 4 rings (SSSR count). The number of carboxylic acids is 1. The smallest absolute Gasteiger partial charge is 0.326 e. The van der Waals surface area contributed by atoms with E-state index >= 15 is 0 Å². The molecule has 1 radical (unpaired) electrons. The summed E-state index contributed by atoms with van der Waals surface area (Å²) in [6.45, 7) is 5.20. The Bertz CT molecular complexity index is 1710. The number of carboxylic acid groups (broad SMARTS) is 1. The summed E-state index contributed by atoms with van der Waals surface area (Å²) in [7, 11) is 0. The number of phenolic OH excluding ortho intramolecular Hbond substituents is 1. The number of aromatic hydroxyl groups is 1. The molecule has 4 N–H and O–H groups in total. The Morgan fingerprint density at radius 1 is 0.941 bits per heavy atom. The van der Waals surface area contributed by atoms with Crippen molar-refractivity contribution in [1.82, 2.24) is 10.6 Å². The van der Waals surface area contributed by atoms with E-state index in [9.17, 15) is 34.2 Å². The molecule has 0 aliphatic carbocycles. The highest BCUT2D eigenvalue weighted by Gasteiger charge is 2.50. The number of aliphatic carboxylic acids is 1. The molecule has 3 aromatic rings. The first-order valence-electron chi connectivity index (χ1n) is 17.1. The monoisotopic (exact) mass is 736 g/mol. The van der Waals surface area contributed by atoms with Gasteiger partial charge in [-0.2, -0.15) is 0 Å². The van der Waals surface area contributed by atoms with Crippen molar-refractivity contribution >= 4 is 63.7 Å². The van der Waals surface area contributed by atoms with Crippen molar-refractivity contribution in [3.63, 3.8) is 0 Å². The number of hydrogen-bond donors (Lipinski definition) is 5. The second-order valence-electron chi connectivity index (χ2n) is 12.4. The number of carbonyl (C=O) groups is 5. The lowest BCUT2D eigenvalue weighted by atomic mass is 9.77. The summed E-state index contributed by atoms with van der Waals surface area (Å²) in [6, 6.07) is 16.0. The molecule has 13 heteroatoms. The number of nitrogens with one attached hydrogen (secondary N) is 2. The Kier molecular flexibility index (Phi) is 14.0. The van der Waals surface area contributed by atoms with E-state index < -0.39 is 41.9 Å². The van der Waals surface area contributed by atoms with E-state index in [0.29, 0.717) is 57.1 Å². The van der Waals surface area contributed by atoms with Gasteiger partial charge in [-0.05, 0) is 67.5 Å². The van der Waals surface area contributed by atoms with Crippen LogP contribution >= 0.6 is 23.5 Å². The van der Waals surface area contributed by atoms with E-state index in [2.05, 4.69) is 10.6 Å². The first-order valence-corrected chi connectivity index (χ1v) is 19.2. The van der Waals surface area contributed by atoms with Crippen LogP contribution in [0.5, 0.6) is 11.5 Å². The van der Waals surface area contributed by atoms with Gasteiger partial charge >= 0.3 is 5.97 Å². The van der Waals surface area contributed by atoms with Crippen LogP contribution in [0.1, 0.15) is 77.3 Å². The molecule has 0 fully saturated rings. The van der Waals surface area contributed by atoms with Crippen molar-refractivity contribution in [2.75, 3.05) is 17.8 Å². The van der Waals surface area contributed by atoms with Gasteiger partial charge in [-0.3, -0.25) is 24.1 Å². The van der Waals surface area contributed by atoms with E-state index in [0.717, 1.165) is 25.7 Å². The Morgan fingerprint density at radius 3 is 2.16 bits per heavy atom. The average Bonchev–Trinajstić information content (AvgIpc) is 3.21. The number of rotatable bonds is 17. The summed E-state index contributed by atoms with van der Waals surface area (Å²) in [4.78, 5) is 70.0. The maximum Gasteiger partial charge on any atom is 0.326 e. The molecule has 0 bridgehead atoms. The summed E-state index contributed by atoms with van der Waals surface area (Å²) in [5.74, 6) is -2.57. The molecule has 3 aromatic carbocycles. The van der Waals surface area contributed by atoms with Crippen LogP contribution < -0.4 is 20.3 Å². The van der Waals surface area contributed by atoms with Gasteiger partial charge in [0.05, 0.1) is 10.6 Å².